The standard InChI is InChI=1S/C12H18N2O3S/c1-4-9-8(3)18-12(13-9)14-10(15)6-7-11(16)17-5-2/h4-7H2,1-3H3,(H,13,14,15). The lowest BCUT2D eigenvalue weighted by Crippen LogP contribution is -2.14. The summed E-state index contributed by atoms with van der Waals surface area (Å²) in [5.41, 5.74) is 1.00. The monoisotopic (exact) mass is 270 g/mol. The molecule has 0 aliphatic rings. The molecule has 5 nitrogen and oxygen atoms in total. The largest absolute Gasteiger partial charge is 0.466 e. The molecule has 0 spiro atoms. The van der Waals surface area contributed by atoms with Crippen LogP contribution >= 0.6 is 11.3 Å². The molecule has 0 aromatic carbocycles. The Morgan fingerprint density at radius 1 is 1.33 bits per heavy atom. The third-order valence-corrected chi connectivity index (χ3v) is 3.26. The zero-order valence-electron chi connectivity index (χ0n) is 10.9. The smallest absolute Gasteiger partial charge is 0.306 e. The van der Waals surface area contributed by atoms with Crippen LogP contribution in [0.5, 0.6) is 0 Å². The molecule has 1 heterocycles. The number of esters is 1. The lowest BCUT2D eigenvalue weighted by molar-refractivity contribution is -0.144. The first-order chi connectivity index (χ1) is 8.56. The van der Waals surface area contributed by atoms with Crippen molar-refractivity contribution in [2.45, 2.75) is 40.0 Å². The number of rotatable bonds is 6. The number of amides is 1. The van der Waals surface area contributed by atoms with Crippen LogP contribution in [0.3, 0.4) is 0 Å². The molecule has 0 saturated carbocycles. The van der Waals surface area contributed by atoms with Crippen molar-refractivity contribution in [3.63, 3.8) is 0 Å². The molecule has 0 saturated heterocycles. The molecule has 1 amide bonds. The van der Waals surface area contributed by atoms with Gasteiger partial charge in [0.05, 0.1) is 18.7 Å². The van der Waals surface area contributed by atoms with E-state index in [0.717, 1.165) is 17.0 Å². The van der Waals surface area contributed by atoms with Gasteiger partial charge in [0.2, 0.25) is 5.91 Å². The minimum Gasteiger partial charge on any atom is -0.466 e. The van der Waals surface area contributed by atoms with Gasteiger partial charge in [0.1, 0.15) is 0 Å². The van der Waals surface area contributed by atoms with Gasteiger partial charge in [0.25, 0.3) is 0 Å². The topological polar surface area (TPSA) is 68.3 Å². The summed E-state index contributed by atoms with van der Waals surface area (Å²) >= 11 is 1.45. The number of aromatic nitrogens is 1. The number of ether oxygens (including phenoxy) is 1. The van der Waals surface area contributed by atoms with Crippen LogP contribution in [0, 0.1) is 6.92 Å². The van der Waals surface area contributed by atoms with Gasteiger partial charge in [-0.2, -0.15) is 0 Å². The Hall–Kier alpha value is -1.43. The van der Waals surface area contributed by atoms with Crippen LogP contribution in [-0.2, 0) is 20.7 Å². The van der Waals surface area contributed by atoms with E-state index in [1.54, 1.807) is 6.92 Å². The minimum absolute atomic E-state index is 0.102. The molecular weight excluding hydrogens is 252 g/mol. The van der Waals surface area contributed by atoms with Gasteiger partial charge in [-0.25, -0.2) is 4.98 Å². The van der Waals surface area contributed by atoms with E-state index in [-0.39, 0.29) is 24.7 Å². The molecular formula is C12H18N2O3S. The molecule has 6 heteroatoms. The summed E-state index contributed by atoms with van der Waals surface area (Å²) in [7, 11) is 0. The van der Waals surface area contributed by atoms with Crippen LogP contribution in [0.4, 0.5) is 5.13 Å². The van der Waals surface area contributed by atoms with Crippen LogP contribution in [0.2, 0.25) is 0 Å². The fraction of sp³-hybridized carbons (Fsp3) is 0.583. The predicted octanol–water partition coefficient (Wildman–Crippen LogP) is 2.30. The Balaban J connectivity index is 2.42. The molecule has 0 bridgehead atoms. The van der Waals surface area contributed by atoms with Crippen molar-refractivity contribution in [3.8, 4) is 0 Å². The first-order valence-electron chi connectivity index (χ1n) is 5.98. The lowest BCUT2D eigenvalue weighted by atomic mass is 10.3. The molecule has 0 aliphatic carbocycles. The Bertz CT molecular complexity index is 429. The lowest BCUT2D eigenvalue weighted by Gasteiger charge is -2.02. The summed E-state index contributed by atoms with van der Waals surface area (Å²) in [5.74, 6) is -0.559. The van der Waals surface area contributed by atoms with E-state index in [1.165, 1.54) is 11.3 Å². The van der Waals surface area contributed by atoms with Crippen molar-refractivity contribution in [1.29, 1.82) is 0 Å². The Labute approximate surface area is 111 Å². The van der Waals surface area contributed by atoms with Crippen molar-refractivity contribution in [3.05, 3.63) is 10.6 Å². The fourth-order valence-corrected chi connectivity index (χ4v) is 2.36. The van der Waals surface area contributed by atoms with Crippen molar-refractivity contribution in [2.75, 3.05) is 11.9 Å². The molecule has 100 valence electrons. The maximum Gasteiger partial charge on any atom is 0.306 e. The number of anilines is 1. The van der Waals surface area contributed by atoms with E-state index >= 15 is 0 Å². The molecule has 18 heavy (non-hydrogen) atoms. The highest BCUT2D eigenvalue weighted by molar-refractivity contribution is 7.15. The Kier molecular flexibility index (Phi) is 5.77. The average Bonchev–Trinajstić information content (AvgIpc) is 2.67. The highest BCUT2D eigenvalue weighted by atomic mass is 32.1. The number of hydrogen-bond donors (Lipinski definition) is 1. The van der Waals surface area contributed by atoms with E-state index in [4.69, 9.17) is 4.74 Å². The predicted molar refractivity (Wildman–Crippen MR) is 70.7 cm³/mol. The number of carbonyl (C=O) groups excluding carboxylic acids is 2. The molecule has 0 atom stereocenters. The first kappa shape index (κ1) is 14.6. The van der Waals surface area contributed by atoms with Crippen molar-refractivity contribution in [2.24, 2.45) is 0 Å². The summed E-state index contributed by atoms with van der Waals surface area (Å²) in [5, 5.41) is 3.29. The van der Waals surface area contributed by atoms with Gasteiger partial charge in [0, 0.05) is 11.3 Å². The van der Waals surface area contributed by atoms with Gasteiger partial charge in [-0.05, 0) is 20.3 Å². The zero-order chi connectivity index (χ0) is 13.5. The van der Waals surface area contributed by atoms with E-state index in [9.17, 15) is 9.59 Å². The maximum atomic E-state index is 11.6. The van der Waals surface area contributed by atoms with Crippen LogP contribution in [0.1, 0.15) is 37.3 Å². The zero-order valence-corrected chi connectivity index (χ0v) is 11.7. The number of hydrogen-bond acceptors (Lipinski definition) is 5. The number of aryl methyl sites for hydroxylation is 2. The normalized spacial score (nSPS) is 10.2. The molecule has 1 aromatic heterocycles. The second kappa shape index (κ2) is 7.10. The van der Waals surface area contributed by atoms with E-state index < -0.39 is 0 Å². The summed E-state index contributed by atoms with van der Waals surface area (Å²) in [6.45, 7) is 6.08. The second-order valence-corrected chi connectivity index (χ2v) is 4.93. The van der Waals surface area contributed by atoms with Crippen molar-refractivity contribution in [1.82, 2.24) is 4.98 Å². The quantitative estimate of drug-likeness (QED) is 0.805. The minimum atomic E-state index is -0.350. The highest BCUT2D eigenvalue weighted by Gasteiger charge is 2.11. The highest BCUT2D eigenvalue weighted by Crippen LogP contribution is 2.22. The van der Waals surface area contributed by atoms with Gasteiger partial charge in [-0.3, -0.25) is 9.59 Å². The summed E-state index contributed by atoms with van der Waals surface area (Å²) in [4.78, 5) is 28.1. The van der Waals surface area contributed by atoms with E-state index in [1.807, 2.05) is 13.8 Å². The third-order valence-electron chi connectivity index (χ3n) is 2.34. The van der Waals surface area contributed by atoms with Crippen LogP contribution in [0.25, 0.3) is 0 Å². The van der Waals surface area contributed by atoms with Gasteiger partial charge in [0.15, 0.2) is 5.13 Å². The van der Waals surface area contributed by atoms with E-state index in [2.05, 4.69) is 10.3 Å². The summed E-state index contributed by atoms with van der Waals surface area (Å²) in [6, 6.07) is 0. The van der Waals surface area contributed by atoms with Crippen molar-refractivity contribution < 1.29 is 14.3 Å². The number of thiazole rings is 1. The number of nitrogens with one attached hydrogen (secondary N) is 1. The molecule has 0 fully saturated rings. The molecule has 0 unspecified atom stereocenters. The Morgan fingerprint density at radius 3 is 2.61 bits per heavy atom. The molecule has 0 radical (unpaired) electrons. The molecule has 1 N–H and O–H groups in total. The fourth-order valence-electron chi connectivity index (χ4n) is 1.44. The maximum absolute atomic E-state index is 11.6. The third kappa shape index (κ3) is 4.44. The molecule has 0 aliphatic heterocycles. The summed E-state index contributed by atoms with van der Waals surface area (Å²) < 4.78 is 4.75. The van der Waals surface area contributed by atoms with E-state index in [0.29, 0.717) is 11.7 Å². The van der Waals surface area contributed by atoms with Crippen LogP contribution in [-0.4, -0.2) is 23.5 Å². The van der Waals surface area contributed by atoms with Crippen LogP contribution < -0.4 is 5.32 Å². The van der Waals surface area contributed by atoms with Gasteiger partial charge in [-0.15, -0.1) is 11.3 Å². The SMILES string of the molecule is CCOC(=O)CCC(=O)Nc1nc(CC)c(C)s1. The molecule has 1 rings (SSSR count). The number of nitrogens with zero attached hydrogens (tertiary/aromatic N) is 1. The summed E-state index contributed by atoms with van der Waals surface area (Å²) in [6.07, 6.45) is 1.07. The molecule has 1 aromatic rings. The van der Waals surface area contributed by atoms with Crippen molar-refractivity contribution >= 4 is 28.3 Å². The van der Waals surface area contributed by atoms with Gasteiger partial charge >= 0.3 is 5.97 Å². The second-order valence-electron chi connectivity index (χ2n) is 3.73. The number of carbonyl (C=O) groups is 2. The van der Waals surface area contributed by atoms with Gasteiger partial charge in [-0.1, -0.05) is 6.92 Å². The Morgan fingerprint density at radius 2 is 2.06 bits per heavy atom. The average molecular weight is 270 g/mol. The van der Waals surface area contributed by atoms with Crippen LogP contribution in [0.15, 0.2) is 0 Å². The van der Waals surface area contributed by atoms with Gasteiger partial charge < -0.3 is 10.1 Å². The first-order valence-corrected chi connectivity index (χ1v) is 6.80.